The lowest BCUT2D eigenvalue weighted by Gasteiger charge is -2.11. The van der Waals surface area contributed by atoms with Crippen LogP contribution < -0.4 is 5.32 Å². The number of nitrogens with zero attached hydrogens (tertiary/aromatic N) is 3. The summed E-state index contributed by atoms with van der Waals surface area (Å²) in [6.07, 6.45) is 1.28. The Labute approximate surface area is 109 Å². The highest BCUT2D eigenvalue weighted by Gasteiger charge is 2.25. The Kier molecular flexibility index (Phi) is 4.66. The van der Waals surface area contributed by atoms with Crippen molar-refractivity contribution < 1.29 is 9.72 Å². The maximum atomic E-state index is 11.8. The Hall–Kier alpha value is -1.63. The first-order valence-corrected chi connectivity index (χ1v) is 5.87. The molecular weight excluding hydrogens is 260 g/mol. The third kappa shape index (κ3) is 3.43. The van der Waals surface area contributed by atoms with E-state index in [4.69, 9.17) is 11.6 Å². The van der Waals surface area contributed by atoms with Gasteiger partial charge in [-0.15, -0.1) is 0 Å². The van der Waals surface area contributed by atoms with Gasteiger partial charge in [0.15, 0.2) is 5.02 Å². The second-order valence-electron chi connectivity index (χ2n) is 4.35. The van der Waals surface area contributed by atoms with Crippen LogP contribution in [0.1, 0.15) is 26.8 Å². The van der Waals surface area contributed by atoms with E-state index >= 15 is 0 Å². The quantitative estimate of drug-likeness (QED) is 0.654. The van der Waals surface area contributed by atoms with Crippen molar-refractivity contribution in [3.8, 4) is 0 Å². The Balaban J connectivity index is 2.77. The van der Waals surface area contributed by atoms with Crippen LogP contribution in [0.15, 0.2) is 6.20 Å². The maximum Gasteiger partial charge on any atom is 0.408 e. The third-order valence-electron chi connectivity index (χ3n) is 2.30. The minimum Gasteiger partial charge on any atom is -0.358 e. The van der Waals surface area contributed by atoms with Gasteiger partial charge in [0.05, 0.1) is 11.3 Å². The zero-order valence-electron chi connectivity index (χ0n) is 10.4. The first kappa shape index (κ1) is 14.4. The van der Waals surface area contributed by atoms with E-state index < -0.39 is 16.8 Å². The van der Waals surface area contributed by atoms with E-state index in [0.29, 0.717) is 12.5 Å². The van der Waals surface area contributed by atoms with Crippen LogP contribution in [-0.2, 0) is 4.79 Å². The van der Waals surface area contributed by atoms with E-state index in [-0.39, 0.29) is 10.9 Å². The molecule has 0 saturated heterocycles. The molecule has 1 amide bonds. The molecule has 0 aliphatic heterocycles. The fourth-order valence-corrected chi connectivity index (χ4v) is 1.46. The van der Waals surface area contributed by atoms with Crippen molar-refractivity contribution in [1.29, 1.82) is 0 Å². The zero-order valence-corrected chi connectivity index (χ0v) is 11.1. The molecule has 0 saturated carbocycles. The molecule has 1 heterocycles. The van der Waals surface area contributed by atoms with Gasteiger partial charge < -0.3 is 15.4 Å². The van der Waals surface area contributed by atoms with Crippen LogP contribution >= 0.6 is 11.6 Å². The average molecular weight is 275 g/mol. The second kappa shape index (κ2) is 5.81. The molecule has 0 aromatic carbocycles. The van der Waals surface area contributed by atoms with E-state index in [0.717, 1.165) is 0 Å². The van der Waals surface area contributed by atoms with Gasteiger partial charge in [-0.3, -0.25) is 4.79 Å². The van der Waals surface area contributed by atoms with Crippen LogP contribution in [0.5, 0.6) is 0 Å². The third-order valence-corrected chi connectivity index (χ3v) is 2.57. The SMILES string of the molecule is CC(C)CNC(=O)C(C)n1cc(Cl)c([N+](=O)[O-])n1. The Morgan fingerprint density at radius 3 is 2.67 bits per heavy atom. The second-order valence-corrected chi connectivity index (χ2v) is 4.76. The smallest absolute Gasteiger partial charge is 0.358 e. The lowest BCUT2D eigenvalue weighted by molar-refractivity contribution is -0.389. The van der Waals surface area contributed by atoms with E-state index in [1.807, 2.05) is 13.8 Å². The van der Waals surface area contributed by atoms with Crippen LogP contribution in [-0.4, -0.2) is 27.2 Å². The number of amides is 1. The van der Waals surface area contributed by atoms with Crippen LogP contribution in [0.2, 0.25) is 5.02 Å². The fourth-order valence-electron chi connectivity index (χ4n) is 1.25. The van der Waals surface area contributed by atoms with Crippen molar-refractivity contribution >= 4 is 23.3 Å². The van der Waals surface area contributed by atoms with E-state index in [2.05, 4.69) is 10.4 Å². The summed E-state index contributed by atoms with van der Waals surface area (Å²) in [4.78, 5) is 21.7. The normalized spacial score (nSPS) is 12.5. The molecule has 18 heavy (non-hydrogen) atoms. The van der Waals surface area contributed by atoms with Crippen LogP contribution in [0.4, 0.5) is 5.82 Å². The summed E-state index contributed by atoms with van der Waals surface area (Å²) in [6, 6.07) is -0.644. The van der Waals surface area contributed by atoms with Gasteiger partial charge >= 0.3 is 5.82 Å². The summed E-state index contributed by atoms with van der Waals surface area (Å²) in [5.74, 6) is -0.366. The van der Waals surface area contributed by atoms with Crippen molar-refractivity contribution in [2.75, 3.05) is 6.54 Å². The van der Waals surface area contributed by atoms with Gasteiger partial charge in [-0.05, 0) is 17.8 Å². The molecule has 0 aliphatic carbocycles. The van der Waals surface area contributed by atoms with Crippen LogP contribution in [0, 0.1) is 16.0 Å². The highest BCUT2D eigenvalue weighted by atomic mass is 35.5. The van der Waals surface area contributed by atoms with Crippen LogP contribution in [0.25, 0.3) is 0 Å². The predicted molar refractivity (Wildman–Crippen MR) is 66.5 cm³/mol. The summed E-state index contributed by atoms with van der Waals surface area (Å²) >= 11 is 5.66. The van der Waals surface area contributed by atoms with E-state index in [1.54, 1.807) is 6.92 Å². The number of rotatable bonds is 5. The number of hydrogen-bond donors (Lipinski definition) is 1. The van der Waals surface area contributed by atoms with Gasteiger partial charge in [0.1, 0.15) is 6.04 Å². The maximum absolute atomic E-state index is 11.8. The van der Waals surface area contributed by atoms with Gasteiger partial charge in [0.25, 0.3) is 0 Å². The van der Waals surface area contributed by atoms with E-state index in [1.165, 1.54) is 10.9 Å². The topological polar surface area (TPSA) is 90.1 Å². The molecule has 0 aliphatic rings. The van der Waals surface area contributed by atoms with Gasteiger partial charge in [0, 0.05) is 6.54 Å². The monoisotopic (exact) mass is 274 g/mol. The number of nitrogens with one attached hydrogen (secondary N) is 1. The summed E-state index contributed by atoms with van der Waals surface area (Å²) in [7, 11) is 0. The summed E-state index contributed by atoms with van der Waals surface area (Å²) in [5, 5.41) is 16.9. The summed E-state index contributed by atoms with van der Waals surface area (Å²) in [6.45, 7) is 6.09. The van der Waals surface area contributed by atoms with E-state index in [9.17, 15) is 14.9 Å². The summed E-state index contributed by atoms with van der Waals surface area (Å²) < 4.78 is 1.19. The largest absolute Gasteiger partial charge is 0.408 e. The van der Waals surface area contributed by atoms with Crippen molar-refractivity contribution in [3.63, 3.8) is 0 Å². The average Bonchev–Trinajstić information content (AvgIpc) is 2.67. The first-order valence-electron chi connectivity index (χ1n) is 5.49. The molecule has 0 radical (unpaired) electrons. The Bertz CT molecular complexity index is 458. The zero-order chi connectivity index (χ0) is 13.9. The first-order chi connectivity index (χ1) is 8.32. The predicted octanol–water partition coefficient (Wildman–Crippen LogP) is 1.78. The number of hydrogen-bond acceptors (Lipinski definition) is 4. The molecule has 0 fully saturated rings. The number of carbonyl (C=O) groups excluding carboxylic acids is 1. The molecule has 8 heteroatoms. The molecule has 0 spiro atoms. The molecule has 1 aromatic heterocycles. The van der Waals surface area contributed by atoms with Crippen molar-refractivity contribution in [2.45, 2.75) is 26.8 Å². The molecule has 1 rings (SSSR count). The van der Waals surface area contributed by atoms with Gasteiger partial charge in [0.2, 0.25) is 5.91 Å². The van der Waals surface area contributed by atoms with Gasteiger partial charge in [-0.25, -0.2) is 0 Å². The molecular formula is C10H15ClN4O3. The Morgan fingerprint density at radius 2 is 2.22 bits per heavy atom. The molecule has 7 nitrogen and oxygen atoms in total. The van der Waals surface area contributed by atoms with Crippen molar-refractivity contribution in [3.05, 3.63) is 21.3 Å². The molecule has 100 valence electrons. The standard InChI is InChI=1S/C10H15ClN4O3/c1-6(2)4-12-10(16)7(3)14-5-8(11)9(13-14)15(17)18/h5-7H,4H2,1-3H3,(H,12,16). The van der Waals surface area contributed by atoms with Gasteiger partial charge in [-0.1, -0.05) is 25.4 Å². The highest BCUT2D eigenvalue weighted by Crippen LogP contribution is 2.23. The fraction of sp³-hybridized carbons (Fsp3) is 0.600. The van der Waals surface area contributed by atoms with Gasteiger partial charge in [-0.2, -0.15) is 4.68 Å². The molecule has 0 bridgehead atoms. The number of carbonyl (C=O) groups is 1. The lowest BCUT2D eigenvalue weighted by Crippen LogP contribution is -2.33. The molecule has 1 unspecified atom stereocenters. The highest BCUT2D eigenvalue weighted by molar-refractivity contribution is 6.32. The number of aromatic nitrogens is 2. The lowest BCUT2D eigenvalue weighted by atomic mass is 10.2. The molecule has 1 aromatic rings. The summed E-state index contributed by atoms with van der Waals surface area (Å²) in [5.41, 5.74) is 0. The number of halogens is 1. The van der Waals surface area contributed by atoms with Crippen molar-refractivity contribution in [2.24, 2.45) is 5.92 Å². The van der Waals surface area contributed by atoms with Crippen molar-refractivity contribution in [1.82, 2.24) is 15.1 Å². The Morgan fingerprint density at radius 1 is 1.61 bits per heavy atom. The minimum absolute atomic E-state index is 0.0801. The number of nitro groups is 1. The molecule has 1 N–H and O–H groups in total. The van der Waals surface area contributed by atoms with Crippen LogP contribution in [0.3, 0.4) is 0 Å². The minimum atomic E-state index is -0.683. The molecule has 1 atom stereocenters.